The zero-order valence-electron chi connectivity index (χ0n) is 18.3. The molecule has 0 aromatic carbocycles. The van der Waals surface area contributed by atoms with Crippen LogP contribution in [0.15, 0.2) is 12.3 Å². The van der Waals surface area contributed by atoms with Crippen LogP contribution in [0.4, 0.5) is 17.3 Å². The Kier molecular flexibility index (Phi) is 6.47. The number of rotatable bonds is 8. The van der Waals surface area contributed by atoms with E-state index in [0.29, 0.717) is 35.1 Å². The average molecular weight is 493 g/mol. The summed E-state index contributed by atoms with van der Waals surface area (Å²) in [5.41, 5.74) is 8.16. The van der Waals surface area contributed by atoms with E-state index in [1.54, 1.807) is 6.92 Å². The van der Waals surface area contributed by atoms with Gasteiger partial charge in [0.15, 0.2) is 5.65 Å². The van der Waals surface area contributed by atoms with Gasteiger partial charge in [-0.1, -0.05) is 18.0 Å². The van der Waals surface area contributed by atoms with Crippen molar-refractivity contribution < 1.29 is 12.6 Å². The highest BCUT2D eigenvalue weighted by molar-refractivity contribution is 7.85. The fourth-order valence-electron chi connectivity index (χ4n) is 4.15. The first-order valence-corrected chi connectivity index (χ1v) is 12.7. The summed E-state index contributed by atoms with van der Waals surface area (Å²) in [5.74, 6) is 0.639. The third-order valence-corrected chi connectivity index (χ3v) is 6.79. The summed E-state index contributed by atoms with van der Waals surface area (Å²) < 4.78 is 31.0. The molecule has 1 saturated carbocycles. The van der Waals surface area contributed by atoms with Gasteiger partial charge in [0.05, 0.1) is 36.9 Å². The largest absolute Gasteiger partial charge is 0.392 e. The molecule has 3 aromatic rings. The maximum absolute atomic E-state index is 11.3. The van der Waals surface area contributed by atoms with E-state index < -0.39 is 10.1 Å². The predicted molar refractivity (Wildman–Crippen MR) is 125 cm³/mol. The Bertz CT molecular complexity index is 1330. The highest BCUT2D eigenvalue weighted by atomic mass is 35.5. The summed E-state index contributed by atoms with van der Waals surface area (Å²) in [6, 6.07) is 2.05. The molecule has 0 bridgehead atoms. The van der Waals surface area contributed by atoms with E-state index in [-0.39, 0.29) is 30.1 Å². The van der Waals surface area contributed by atoms with Crippen LogP contribution in [0.3, 0.4) is 0 Å². The Hall–Kier alpha value is -2.88. The monoisotopic (exact) mass is 492 g/mol. The van der Waals surface area contributed by atoms with E-state index in [1.165, 1.54) is 4.52 Å². The van der Waals surface area contributed by atoms with Crippen molar-refractivity contribution in [2.24, 2.45) is 5.92 Å². The van der Waals surface area contributed by atoms with Crippen molar-refractivity contribution in [1.29, 1.82) is 0 Å². The van der Waals surface area contributed by atoms with Gasteiger partial charge in [-0.3, -0.25) is 8.86 Å². The lowest BCUT2D eigenvalue weighted by Crippen LogP contribution is -2.21. The van der Waals surface area contributed by atoms with Crippen LogP contribution in [0.5, 0.6) is 0 Å². The number of nitrogens with zero attached hydrogens (tertiary/aromatic N) is 6. The van der Waals surface area contributed by atoms with Crippen LogP contribution in [-0.4, -0.2) is 52.2 Å². The molecule has 2 unspecified atom stereocenters. The molecule has 4 rings (SSSR count). The molecule has 11 nitrogen and oxygen atoms in total. The second-order valence-corrected chi connectivity index (χ2v) is 10.2. The zero-order chi connectivity index (χ0) is 23.8. The number of anilines is 2. The quantitative estimate of drug-likeness (QED) is 0.362. The van der Waals surface area contributed by atoms with Gasteiger partial charge in [-0.25, -0.2) is 14.3 Å². The minimum atomic E-state index is -3.46. The molecule has 0 spiro atoms. The molecule has 3 aromatic heterocycles. The summed E-state index contributed by atoms with van der Waals surface area (Å²) >= 11 is 6.27. The fraction of sp³-hybridized carbons (Fsp3) is 0.500. The molecule has 176 valence electrons. The highest BCUT2D eigenvalue weighted by Crippen LogP contribution is 2.36. The van der Waals surface area contributed by atoms with Crippen LogP contribution in [0.2, 0.25) is 5.02 Å². The molecule has 2 atom stereocenters. The van der Waals surface area contributed by atoms with Crippen molar-refractivity contribution in [2.45, 2.75) is 38.6 Å². The first-order valence-electron chi connectivity index (χ1n) is 10.5. The van der Waals surface area contributed by atoms with E-state index in [2.05, 4.69) is 25.3 Å². The third-order valence-electron chi connectivity index (χ3n) is 5.78. The number of fused-ring (bicyclic) bond motifs is 1. The summed E-state index contributed by atoms with van der Waals surface area (Å²) in [6.45, 7) is 9.88. The Labute approximate surface area is 196 Å². The first-order chi connectivity index (χ1) is 15.7. The van der Waals surface area contributed by atoms with Crippen molar-refractivity contribution in [3.05, 3.63) is 40.1 Å². The lowest BCUT2D eigenvalue weighted by Gasteiger charge is -2.19. The highest BCUT2D eigenvalue weighted by Gasteiger charge is 2.30. The maximum atomic E-state index is 11.3. The maximum Gasteiger partial charge on any atom is 0.268 e. The van der Waals surface area contributed by atoms with Gasteiger partial charge in [-0.05, 0) is 25.8 Å². The van der Waals surface area contributed by atoms with Crippen LogP contribution in [0.1, 0.15) is 36.7 Å². The average Bonchev–Trinajstić information content (AvgIpc) is 3.47. The Balaban J connectivity index is 1.43. The number of halogens is 1. The lowest BCUT2D eigenvalue weighted by molar-refractivity contribution is 0.215. The predicted octanol–water partition coefficient (Wildman–Crippen LogP) is 2.99. The van der Waals surface area contributed by atoms with E-state index in [4.69, 9.17) is 28.1 Å². The van der Waals surface area contributed by atoms with Gasteiger partial charge in [0.25, 0.3) is 15.8 Å². The molecular formula is C20H25ClN8O3S. The molecule has 1 fully saturated rings. The van der Waals surface area contributed by atoms with Crippen LogP contribution in [-0.2, 0) is 20.7 Å². The lowest BCUT2D eigenvalue weighted by atomic mass is 10.1. The van der Waals surface area contributed by atoms with Gasteiger partial charge in [-0.15, -0.1) is 0 Å². The van der Waals surface area contributed by atoms with Gasteiger partial charge in [0, 0.05) is 25.1 Å². The molecule has 3 heterocycles. The first kappa shape index (κ1) is 23.3. The normalized spacial score (nSPS) is 18.6. The number of aromatic nitrogens is 5. The van der Waals surface area contributed by atoms with Gasteiger partial charge >= 0.3 is 0 Å². The zero-order valence-corrected chi connectivity index (χ0v) is 19.9. The number of nitrogens with two attached hydrogens (primary N) is 1. The second-order valence-electron chi connectivity index (χ2n) is 8.15. The molecule has 0 radical (unpaired) electrons. The van der Waals surface area contributed by atoms with Gasteiger partial charge in [0.1, 0.15) is 16.7 Å². The minimum Gasteiger partial charge on any atom is -0.392 e. The summed E-state index contributed by atoms with van der Waals surface area (Å²) in [4.78, 5) is 7.96. The van der Waals surface area contributed by atoms with Crippen molar-refractivity contribution in [3.8, 4) is 0 Å². The molecule has 13 heteroatoms. The number of nitrogens with one attached hydrogen (secondary N) is 1. The smallest absolute Gasteiger partial charge is 0.268 e. The standard InChI is InChI=1S/C20H25ClN8O3S/c1-12-16(21)20-25-19(17(23-2)18(22)29(20)26-12)24-9-7-14-8-10-28(27-14)15-6-4-5-13(15)11-32-33(3,30)31/h8,10,13,15H,4-7,9,11,22H2,1,3H3,(H,24,25). The van der Waals surface area contributed by atoms with E-state index in [0.717, 1.165) is 31.2 Å². The van der Waals surface area contributed by atoms with Crippen molar-refractivity contribution in [1.82, 2.24) is 24.4 Å². The number of aryl methyl sites for hydroxylation is 1. The molecule has 1 aliphatic carbocycles. The number of hydrogen-bond acceptors (Lipinski definition) is 8. The Morgan fingerprint density at radius 1 is 1.39 bits per heavy atom. The molecule has 0 aliphatic heterocycles. The van der Waals surface area contributed by atoms with E-state index in [1.807, 2.05) is 16.9 Å². The van der Waals surface area contributed by atoms with Crippen LogP contribution in [0, 0.1) is 19.4 Å². The SMILES string of the molecule is [C-]#[N+]c1c(NCCc2ccn(C3CCCC3COS(C)(=O)=O)n2)nc2c(Cl)c(C)nn2c1N. The number of hydrogen-bond donors (Lipinski definition) is 2. The van der Waals surface area contributed by atoms with Gasteiger partial charge in [-0.2, -0.15) is 18.6 Å². The molecule has 1 aliphatic rings. The molecule has 0 saturated heterocycles. The van der Waals surface area contributed by atoms with Crippen molar-refractivity contribution in [3.63, 3.8) is 0 Å². The van der Waals surface area contributed by atoms with E-state index in [9.17, 15) is 8.42 Å². The second kappa shape index (κ2) is 9.17. The summed E-state index contributed by atoms with van der Waals surface area (Å²) in [7, 11) is -3.46. The van der Waals surface area contributed by atoms with Crippen LogP contribution < -0.4 is 11.1 Å². The topological polar surface area (TPSA) is 134 Å². The van der Waals surface area contributed by atoms with Crippen LogP contribution in [0.25, 0.3) is 10.5 Å². The van der Waals surface area contributed by atoms with Crippen molar-refractivity contribution >= 4 is 44.7 Å². The van der Waals surface area contributed by atoms with Gasteiger partial charge in [0.2, 0.25) is 0 Å². The summed E-state index contributed by atoms with van der Waals surface area (Å²) in [5, 5.41) is 12.5. The van der Waals surface area contributed by atoms with Crippen LogP contribution >= 0.6 is 11.6 Å². The molecule has 33 heavy (non-hydrogen) atoms. The Morgan fingerprint density at radius 3 is 2.91 bits per heavy atom. The molecule has 0 amide bonds. The van der Waals surface area contributed by atoms with E-state index >= 15 is 0 Å². The Morgan fingerprint density at radius 2 is 2.18 bits per heavy atom. The third kappa shape index (κ3) is 4.90. The fourth-order valence-corrected chi connectivity index (χ4v) is 4.73. The van der Waals surface area contributed by atoms with Crippen molar-refractivity contribution in [2.75, 3.05) is 30.5 Å². The molecule has 3 N–H and O–H groups in total. The number of nitrogen functional groups attached to an aromatic ring is 1. The molecular weight excluding hydrogens is 468 g/mol. The van der Waals surface area contributed by atoms with Gasteiger partial charge < -0.3 is 11.1 Å². The minimum absolute atomic E-state index is 0.106. The summed E-state index contributed by atoms with van der Waals surface area (Å²) in [6.07, 6.45) is 6.42.